The van der Waals surface area contributed by atoms with Gasteiger partial charge in [-0.3, -0.25) is 14.3 Å². The first kappa shape index (κ1) is 25.9. The van der Waals surface area contributed by atoms with Crippen LogP contribution in [0.2, 0.25) is 5.02 Å². The van der Waals surface area contributed by atoms with Crippen molar-refractivity contribution in [2.75, 3.05) is 40.7 Å². The number of amides is 2. The second kappa shape index (κ2) is 10.6. The molecule has 2 aliphatic heterocycles. The zero-order valence-corrected chi connectivity index (χ0v) is 22.3. The van der Waals surface area contributed by atoms with Crippen LogP contribution < -0.4 is 14.5 Å². The molecule has 0 aliphatic carbocycles. The molecule has 3 aromatic rings. The molecule has 1 saturated heterocycles. The lowest BCUT2D eigenvalue weighted by atomic mass is 10.00. The summed E-state index contributed by atoms with van der Waals surface area (Å²) < 4.78 is 27.7. The van der Waals surface area contributed by atoms with Gasteiger partial charge in [0.1, 0.15) is 24.7 Å². The van der Waals surface area contributed by atoms with E-state index in [1.807, 2.05) is 25.1 Å². The number of fused-ring (bicyclic) bond motifs is 1. The van der Waals surface area contributed by atoms with E-state index in [4.69, 9.17) is 11.6 Å². The van der Waals surface area contributed by atoms with Crippen molar-refractivity contribution in [1.29, 1.82) is 0 Å². The first-order valence-electron chi connectivity index (χ1n) is 12.3. The summed E-state index contributed by atoms with van der Waals surface area (Å²) >= 11 is 6.16. The number of hydrogen-bond acceptors (Lipinski definition) is 7. The molecule has 0 saturated carbocycles. The predicted octanol–water partition coefficient (Wildman–Crippen LogP) is 2.95. The van der Waals surface area contributed by atoms with Crippen LogP contribution in [0.15, 0.2) is 66.0 Å². The number of hydrogen-bond donors (Lipinski definition) is 1. The van der Waals surface area contributed by atoms with E-state index < -0.39 is 16.1 Å². The van der Waals surface area contributed by atoms with Crippen molar-refractivity contribution in [2.24, 2.45) is 0 Å². The molecule has 0 unspecified atom stereocenters. The first-order valence-corrected chi connectivity index (χ1v) is 14.1. The molecule has 38 heavy (non-hydrogen) atoms. The Hall–Kier alpha value is -3.70. The molecule has 2 aromatic carbocycles. The number of piperazine rings is 1. The van der Waals surface area contributed by atoms with E-state index in [1.54, 1.807) is 21.9 Å². The molecular weight excluding hydrogens is 528 g/mol. The van der Waals surface area contributed by atoms with Crippen molar-refractivity contribution in [3.63, 3.8) is 0 Å². The zero-order valence-electron chi connectivity index (χ0n) is 20.7. The van der Waals surface area contributed by atoms with Crippen LogP contribution in [0.25, 0.3) is 0 Å². The third-order valence-corrected chi connectivity index (χ3v) is 8.44. The Morgan fingerprint density at radius 3 is 2.58 bits per heavy atom. The van der Waals surface area contributed by atoms with Gasteiger partial charge in [-0.1, -0.05) is 11.6 Å². The van der Waals surface area contributed by atoms with Gasteiger partial charge in [-0.2, -0.15) is 0 Å². The minimum atomic E-state index is -3.85. The van der Waals surface area contributed by atoms with Gasteiger partial charge < -0.3 is 14.7 Å². The highest BCUT2D eigenvalue weighted by Crippen LogP contribution is 2.31. The average molecular weight is 555 g/mol. The summed E-state index contributed by atoms with van der Waals surface area (Å²) in [4.78, 5) is 39.3. The van der Waals surface area contributed by atoms with Crippen LogP contribution in [-0.4, -0.2) is 67.3 Å². The normalized spacial score (nSPS) is 16.7. The number of anilines is 3. The van der Waals surface area contributed by atoms with E-state index in [-0.39, 0.29) is 29.1 Å². The van der Waals surface area contributed by atoms with Crippen LogP contribution in [-0.2, 0) is 26.0 Å². The van der Waals surface area contributed by atoms with Crippen molar-refractivity contribution in [2.45, 2.75) is 30.7 Å². The molecule has 1 fully saturated rings. The second-order valence-corrected chi connectivity index (χ2v) is 11.4. The smallest absolute Gasteiger partial charge is 0.263 e. The van der Waals surface area contributed by atoms with E-state index in [1.165, 1.54) is 30.7 Å². The maximum absolute atomic E-state index is 13.4. The molecule has 0 bridgehead atoms. The van der Waals surface area contributed by atoms with Crippen LogP contribution in [0.5, 0.6) is 0 Å². The van der Waals surface area contributed by atoms with E-state index in [2.05, 4.69) is 19.6 Å². The van der Waals surface area contributed by atoms with E-state index in [0.29, 0.717) is 23.8 Å². The topological polar surface area (TPSA) is 116 Å². The van der Waals surface area contributed by atoms with Crippen LogP contribution in [0.1, 0.15) is 18.9 Å². The Morgan fingerprint density at radius 2 is 1.87 bits per heavy atom. The number of carbonyl (C=O) groups excluding carboxylic acids is 2. The highest BCUT2D eigenvalue weighted by Gasteiger charge is 2.34. The molecule has 0 radical (unpaired) electrons. The molecule has 198 valence electrons. The minimum Gasteiger partial charge on any atom is -0.360 e. The lowest BCUT2D eigenvalue weighted by Gasteiger charge is -2.40. The van der Waals surface area contributed by atoms with Gasteiger partial charge in [0.05, 0.1) is 4.90 Å². The SMILES string of the molecule is C[C@@H](C(=O)N1CCN(c2ccc(S(=O)(=O)Nc3ccncn3)cc2)C(=O)C1)N1CCCc2cc(Cl)ccc21. The predicted molar refractivity (Wildman–Crippen MR) is 145 cm³/mol. The van der Waals surface area contributed by atoms with E-state index >= 15 is 0 Å². The highest BCUT2D eigenvalue weighted by molar-refractivity contribution is 7.92. The maximum Gasteiger partial charge on any atom is 0.263 e. The Balaban J connectivity index is 1.23. The van der Waals surface area contributed by atoms with Gasteiger partial charge in [0.15, 0.2) is 0 Å². The Morgan fingerprint density at radius 1 is 1.08 bits per heavy atom. The van der Waals surface area contributed by atoms with Crippen molar-refractivity contribution in [3.8, 4) is 0 Å². The molecule has 1 atom stereocenters. The fraction of sp³-hybridized carbons (Fsp3) is 0.308. The van der Waals surface area contributed by atoms with Crippen molar-refractivity contribution in [1.82, 2.24) is 14.9 Å². The average Bonchev–Trinajstić information content (AvgIpc) is 2.92. The fourth-order valence-corrected chi connectivity index (χ4v) is 6.08. The summed E-state index contributed by atoms with van der Waals surface area (Å²) in [5.74, 6) is -0.165. The number of rotatable bonds is 6. The van der Waals surface area contributed by atoms with Gasteiger partial charge in [0, 0.05) is 42.2 Å². The van der Waals surface area contributed by atoms with E-state index in [9.17, 15) is 18.0 Å². The number of carbonyl (C=O) groups is 2. The second-order valence-electron chi connectivity index (χ2n) is 9.25. The molecule has 0 spiro atoms. The van der Waals surface area contributed by atoms with Crippen LogP contribution in [0.4, 0.5) is 17.2 Å². The standard InChI is InChI=1S/C26H27ClN6O4S/c1-18(32-12-2-3-19-15-20(27)4-9-23(19)32)26(35)31-13-14-33(25(34)16-31)21-5-7-22(8-6-21)38(36,37)30-24-10-11-28-17-29-24/h4-11,15,17-18H,2-3,12-14,16H2,1H3,(H,28,29,30)/t18-/m0/s1. The molecule has 1 N–H and O–H groups in total. The summed E-state index contributed by atoms with van der Waals surface area (Å²) in [6.45, 7) is 3.29. The summed E-state index contributed by atoms with van der Waals surface area (Å²) in [6.07, 6.45) is 4.53. The van der Waals surface area contributed by atoms with E-state index in [0.717, 1.165) is 30.6 Å². The third-order valence-electron chi connectivity index (χ3n) is 6.83. The quantitative estimate of drug-likeness (QED) is 0.498. The molecular formula is C26H27ClN6O4S. The molecule has 10 nitrogen and oxygen atoms in total. The summed E-state index contributed by atoms with van der Waals surface area (Å²) in [5.41, 5.74) is 2.70. The summed E-state index contributed by atoms with van der Waals surface area (Å²) in [5, 5.41) is 0.680. The Labute approximate surface area is 226 Å². The lowest BCUT2D eigenvalue weighted by Crippen LogP contribution is -2.57. The summed E-state index contributed by atoms with van der Waals surface area (Å²) in [6, 6.07) is 12.8. The highest BCUT2D eigenvalue weighted by atomic mass is 35.5. The lowest BCUT2D eigenvalue weighted by molar-refractivity contribution is -0.137. The first-order chi connectivity index (χ1) is 18.2. The van der Waals surface area contributed by atoms with Crippen molar-refractivity contribution >= 4 is 50.6 Å². The van der Waals surface area contributed by atoms with Gasteiger partial charge in [-0.15, -0.1) is 0 Å². The van der Waals surface area contributed by atoms with Gasteiger partial charge >= 0.3 is 0 Å². The molecule has 3 heterocycles. The largest absolute Gasteiger partial charge is 0.360 e. The van der Waals surface area contributed by atoms with Gasteiger partial charge in [-0.05, 0) is 73.9 Å². The molecule has 12 heteroatoms. The number of sulfonamides is 1. The van der Waals surface area contributed by atoms with Crippen LogP contribution in [0.3, 0.4) is 0 Å². The summed E-state index contributed by atoms with van der Waals surface area (Å²) in [7, 11) is -3.85. The fourth-order valence-electron chi connectivity index (χ4n) is 4.88. The molecule has 2 aliphatic rings. The number of aryl methyl sites for hydroxylation is 1. The Kier molecular flexibility index (Phi) is 7.22. The molecule has 1 aromatic heterocycles. The minimum absolute atomic E-state index is 0.0399. The number of halogens is 1. The van der Waals surface area contributed by atoms with Crippen LogP contribution in [0, 0.1) is 0 Å². The van der Waals surface area contributed by atoms with Gasteiger partial charge in [-0.25, -0.2) is 18.4 Å². The number of nitrogens with zero attached hydrogens (tertiary/aromatic N) is 5. The Bertz CT molecular complexity index is 1450. The van der Waals surface area contributed by atoms with Gasteiger partial charge in [0.25, 0.3) is 10.0 Å². The van der Waals surface area contributed by atoms with Crippen LogP contribution >= 0.6 is 11.6 Å². The third kappa shape index (κ3) is 5.30. The number of aromatic nitrogens is 2. The number of nitrogens with one attached hydrogen (secondary N) is 1. The number of benzene rings is 2. The maximum atomic E-state index is 13.4. The van der Waals surface area contributed by atoms with Crippen molar-refractivity contribution < 1.29 is 18.0 Å². The molecule has 5 rings (SSSR count). The zero-order chi connectivity index (χ0) is 26.9. The molecule has 2 amide bonds. The van der Waals surface area contributed by atoms with Crippen molar-refractivity contribution in [3.05, 3.63) is 71.6 Å². The monoisotopic (exact) mass is 554 g/mol. The van der Waals surface area contributed by atoms with Gasteiger partial charge in [0.2, 0.25) is 11.8 Å².